The van der Waals surface area contributed by atoms with E-state index in [9.17, 15) is 19.5 Å². The first-order valence-corrected chi connectivity index (χ1v) is 10.7. The Morgan fingerprint density at radius 1 is 1.19 bits per heavy atom. The fourth-order valence-electron chi connectivity index (χ4n) is 5.66. The Kier molecular flexibility index (Phi) is 5.37. The summed E-state index contributed by atoms with van der Waals surface area (Å²) < 4.78 is 6.40. The van der Waals surface area contributed by atoms with E-state index in [0.717, 1.165) is 23.9 Å². The number of benzene rings is 1. The van der Waals surface area contributed by atoms with Gasteiger partial charge in [-0.3, -0.25) is 9.59 Å². The van der Waals surface area contributed by atoms with Gasteiger partial charge in [0.1, 0.15) is 0 Å². The van der Waals surface area contributed by atoms with Gasteiger partial charge in [0.15, 0.2) is 12.3 Å². The van der Waals surface area contributed by atoms with E-state index in [1.54, 1.807) is 24.3 Å². The Bertz CT molecular complexity index is 1090. The Hall–Kier alpha value is -2.74. The van der Waals surface area contributed by atoms with Crippen LogP contribution in [-0.2, 0) is 16.1 Å². The topological polar surface area (TPSA) is 102 Å². The second-order valence-electron chi connectivity index (χ2n) is 9.96. The van der Waals surface area contributed by atoms with E-state index in [1.165, 1.54) is 0 Å². The van der Waals surface area contributed by atoms with Crippen molar-refractivity contribution in [3.63, 3.8) is 0 Å². The standard InChI is InChI=1S/C23H29N3O5/c1-22(2)10-15-11-23(3,13-22)14-25(15)18(28)12-31-21(30)19-16-6-4-5-7-17(16)20(29)26(24-19)8-9-27/h4-7,15,27H,8-14H2,1-3H3/t15-,23-/m1/s1. The van der Waals surface area contributed by atoms with Crippen molar-refractivity contribution in [3.05, 3.63) is 40.3 Å². The lowest BCUT2D eigenvalue weighted by Crippen LogP contribution is -2.40. The summed E-state index contributed by atoms with van der Waals surface area (Å²) in [6.07, 6.45) is 3.00. The number of hydrogen-bond donors (Lipinski definition) is 1. The molecule has 0 radical (unpaired) electrons. The molecular weight excluding hydrogens is 398 g/mol. The molecule has 1 N–H and O–H groups in total. The average molecular weight is 428 g/mol. The second kappa shape index (κ2) is 7.75. The molecule has 0 unspecified atom stereocenters. The average Bonchev–Trinajstić information content (AvgIpc) is 2.97. The lowest BCUT2D eigenvalue weighted by atomic mass is 9.65. The molecule has 2 aliphatic rings. The van der Waals surface area contributed by atoms with Gasteiger partial charge in [-0.25, -0.2) is 9.48 Å². The Morgan fingerprint density at radius 3 is 2.61 bits per heavy atom. The SMILES string of the molecule is CC1(C)C[C@@H]2C[C@@](C)(CN2C(=O)COC(=O)c2nn(CCO)c(=O)c3ccccc23)C1. The fourth-order valence-corrected chi connectivity index (χ4v) is 5.66. The molecule has 1 amide bonds. The first-order valence-electron chi connectivity index (χ1n) is 10.7. The molecule has 2 aromatic rings. The molecule has 4 rings (SSSR count). The van der Waals surface area contributed by atoms with Crippen molar-refractivity contribution in [2.75, 3.05) is 19.8 Å². The lowest BCUT2D eigenvalue weighted by Gasteiger charge is -2.39. The summed E-state index contributed by atoms with van der Waals surface area (Å²) in [4.78, 5) is 40.1. The first-order chi connectivity index (χ1) is 14.6. The van der Waals surface area contributed by atoms with Crippen molar-refractivity contribution < 1.29 is 19.4 Å². The van der Waals surface area contributed by atoms with Crippen LogP contribution < -0.4 is 5.56 Å². The van der Waals surface area contributed by atoms with Crippen LogP contribution >= 0.6 is 0 Å². The van der Waals surface area contributed by atoms with E-state index < -0.39 is 11.5 Å². The van der Waals surface area contributed by atoms with Gasteiger partial charge in [0.05, 0.1) is 18.5 Å². The van der Waals surface area contributed by atoms with E-state index in [-0.39, 0.29) is 48.2 Å². The van der Waals surface area contributed by atoms with Gasteiger partial charge < -0.3 is 14.7 Å². The Morgan fingerprint density at radius 2 is 1.90 bits per heavy atom. The molecule has 8 heteroatoms. The predicted molar refractivity (Wildman–Crippen MR) is 115 cm³/mol. The number of likely N-dealkylation sites (tertiary alicyclic amines) is 1. The molecule has 2 fully saturated rings. The highest BCUT2D eigenvalue weighted by molar-refractivity contribution is 6.02. The molecule has 2 atom stereocenters. The molecule has 0 spiro atoms. The highest BCUT2D eigenvalue weighted by Crippen LogP contribution is 2.52. The van der Waals surface area contributed by atoms with Crippen molar-refractivity contribution in [3.8, 4) is 0 Å². The summed E-state index contributed by atoms with van der Waals surface area (Å²) in [6, 6.07) is 6.79. The van der Waals surface area contributed by atoms with Crippen LogP contribution in [-0.4, -0.2) is 57.5 Å². The number of hydrogen-bond acceptors (Lipinski definition) is 6. The van der Waals surface area contributed by atoms with E-state index in [4.69, 9.17) is 4.74 Å². The largest absolute Gasteiger partial charge is 0.451 e. The molecule has 1 aromatic carbocycles. The third kappa shape index (κ3) is 4.08. The van der Waals surface area contributed by atoms with Gasteiger partial charge >= 0.3 is 5.97 Å². The van der Waals surface area contributed by atoms with Crippen LogP contribution in [0.5, 0.6) is 0 Å². The van der Waals surface area contributed by atoms with Crippen molar-refractivity contribution in [1.29, 1.82) is 0 Å². The van der Waals surface area contributed by atoms with E-state index in [0.29, 0.717) is 17.3 Å². The predicted octanol–water partition coefficient (Wildman–Crippen LogP) is 1.97. The fraction of sp³-hybridized carbons (Fsp3) is 0.565. The highest BCUT2D eigenvalue weighted by Gasteiger charge is 2.50. The van der Waals surface area contributed by atoms with Crippen LogP contribution in [0.15, 0.2) is 29.1 Å². The minimum absolute atomic E-state index is 0.0350. The zero-order chi connectivity index (χ0) is 22.4. The molecule has 2 bridgehead atoms. The zero-order valence-corrected chi connectivity index (χ0v) is 18.3. The molecule has 166 valence electrons. The molecule has 1 saturated carbocycles. The monoisotopic (exact) mass is 427 g/mol. The lowest BCUT2D eigenvalue weighted by molar-refractivity contribution is -0.135. The van der Waals surface area contributed by atoms with Gasteiger partial charge in [-0.1, -0.05) is 39.0 Å². The minimum Gasteiger partial charge on any atom is -0.451 e. The van der Waals surface area contributed by atoms with Gasteiger partial charge in [0.25, 0.3) is 11.5 Å². The van der Waals surface area contributed by atoms with E-state index in [2.05, 4.69) is 25.9 Å². The van der Waals surface area contributed by atoms with Gasteiger partial charge in [-0.05, 0) is 36.2 Å². The van der Waals surface area contributed by atoms with Crippen LogP contribution in [0.4, 0.5) is 0 Å². The maximum atomic E-state index is 12.9. The van der Waals surface area contributed by atoms with Crippen LogP contribution in [0.25, 0.3) is 10.8 Å². The molecule has 1 aliphatic carbocycles. The van der Waals surface area contributed by atoms with Crippen LogP contribution in [0, 0.1) is 10.8 Å². The summed E-state index contributed by atoms with van der Waals surface area (Å²) in [7, 11) is 0. The third-order valence-electron chi connectivity index (χ3n) is 6.43. The van der Waals surface area contributed by atoms with Crippen molar-refractivity contribution in [1.82, 2.24) is 14.7 Å². The first kappa shape index (κ1) is 21.5. The number of carbonyl (C=O) groups is 2. The molecule has 31 heavy (non-hydrogen) atoms. The van der Waals surface area contributed by atoms with E-state index >= 15 is 0 Å². The smallest absolute Gasteiger partial charge is 0.359 e. The molecular formula is C23H29N3O5. The molecule has 1 aliphatic heterocycles. The number of aromatic nitrogens is 2. The number of esters is 1. The quantitative estimate of drug-likeness (QED) is 0.732. The number of aliphatic hydroxyl groups is 1. The summed E-state index contributed by atoms with van der Waals surface area (Å²) in [5.74, 6) is -0.960. The summed E-state index contributed by atoms with van der Waals surface area (Å²) in [6.45, 7) is 6.70. The highest BCUT2D eigenvalue weighted by atomic mass is 16.5. The van der Waals surface area contributed by atoms with Crippen LogP contribution in [0.2, 0.25) is 0 Å². The number of carbonyl (C=O) groups excluding carboxylic acids is 2. The van der Waals surface area contributed by atoms with Gasteiger partial charge in [0.2, 0.25) is 0 Å². The number of nitrogens with zero attached hydrogens (tertiary/aromatic N) is 3. The van der Waals surface area contributed by atoms with Crippen molar-refractivity contribution in [2.24, 2.45) is 10.8 Å². The molecule has 1 aromatic heterocycles. The van der Waals surface area contributed by atoms with Gasteiger partial charge in [-0.15, -0.1) is 0 Å². The van der Waals surface area contributed by atoms with Crippen molar-refractivity contribution in [2.45, 2.75) is 52.6 Å². The summed E-state index contributed by atoms with van der Waals surface area (Å²) >= 11 is 0. The number of aliphatic hydroxyl groups excluding tert-OH is 1. The normalized spacial score (nSPS) is 24.4. The Balaban J connectivity index is 1.52. The number of fused-ring (bicyclic) bond motifs is 3. The molecule has 1 saturated heterocycles. The zero-order valence-electron chi connectivity index (χ0n) is 18.3. The van der Waals surface area contributed by atoms with Crippen LogP contribution in [0.1, 0.15) is 50.5 Å². The Labute approximate surface area is 180 Å². The maximum absolute atomic E-state index is 12.9. The number of rotatable bonds is 5. The number of ether oxygens (including phenoxy) is 1. The third-order valence-corrected chi connectivity index (χ3v) is 6.43. The van der Waals surface area contributed by atoms with Gasteiger partial charge in [-0.2, -0.15) is 5.10 Å². The van der Waals surface area contributed by atoms with Crippen molar-refractivity contribution >= 4 is 22.6 Å². The number of amides is 1. The maximum Gasteiger partial charge on any atom is 0.359 e. The van der Waals surface area contributed by atoms with Gasteiger partial charge in [0, 0.05) is 18.0 Å². The second-order valence-corrected chi connectivity index (χ2v) is 9.96. The summed E-state index contributed by atoms with van der Waals surface area (Å²) in [5.41, 5.74) is -0.141. The van der Waals surface area contributed by atoms with E-state index in [1.807, 2.05) is 4.90 Å². The molecule has 8 nitrogen and oxygen atoms in total. The summed E-state index contributed by atoms with van der Waals surface area (Å²) in [5, 5.41) is 14.0. The van der Waals surface area contributed by atoms with Crippen LogP contribution in [0.3, 0.4) is 0 Å². The molecule has 2 heterocycles. The minimum atomic E-state index is -0.759.